The highest BCUT2D eigenvalue weighted by Gasteiger charge is 2.49. The van der Waals surface area contributed by atoms with Crippen molar-refractivity contribution < 1.29 is 14.3 Å². The Hall–Kier alpha value is -1.10. The fraction of sp³-hybridized carbons (Fsp3) is 0.778. The molecule has 0 aromatic heterocycles. The molecule has 0 aromatic carbocycles. The largest absolute Gasteiger partial charge is 0.448 e. The van der Waals surface area contributed by atoms with Crippen LogP contribution >= 0.6 is 0 Å². The highest BCUT2D eigenvalue weighted by atomic mass is 16.5. The van der Waals surface area contributed by atoms with Crippen molar-refractivity contribution in [3.05, 3.63) is 0 Å². The van der Waals surface area contributed by atoms with E-state index in [1.165, 1.54) is 0 Å². The van der Waals surface area contributed by atoms with Gasteiger partial charge in [-0.2, -0.15) is 4.99 Å². The van der Waals surface area contributed by atoms with Crippen molar-refractivity contribution in [3.8, 4) is 0 Å². The molecule has 78 valence electrons. The van der Waals surface area contributed by atoms with Gasteiger partial charge >= 0.3 is 0 Å². The van der Waals surface area contributed by atoms with Gasteiger partial charge in [-0.05, 0) is 19.3 Å². The highest BCUT2D eigenvalue weighted by molar-refractivity contribution is 6.00. The van der Waals surface area contributed by atoms with Gasteiger partial charge in [0.15, 0.2) is 5.60 Å². The molecule has 2 atom stereocenters. The quantitative estimate of drug-likeness (QED) is 0.652. The zero-order valence-electron chi connectivity index (χ0n) is 8.16. The van der Waals surface area contributed by atoms with E-state index >= 15 is 0 Å². The van der Waals surface area contributed by atoms with Gasteiger partial charge in [0.2, 0.25) is 0 Å². The van der Waals surface area contributed by atoms with Crippen molar-refractivity contribution in [3.63, 3.8) is 0 Å². The minimum Gasteiger partial charge on any atom is -0.448 e. The lowest BCUT2D eigenvalue weighted by atomic mass is 9.82. The number of hydrogen-bond donors (Lipinski definition) is 1. The van der Waals surface area contributed by atoms with Crippen molar-refractivity contribution in [2.75, 3.05) is 7.11 Å². The zero-order valence-corrected chi connectivity index (χ0v) is 8.16. The van der Waals surface area contributed by atoms with Crippen LogP contribution < -0.4 is 5.73 Å². The van der Waals surface area contributed by atoms with Gasteiger partial charge in [-0.3, -0.25) is 4.79 Å². The first-order chi connectivity index (χ1) is 6.66. The molecule has 2 rings (SSSR count). The SMILES string of the molecule is COC1CCCC2(C1)OC(N)=NC2=O. The molecule has 1 heterocycles. The summed E-state index contributed by atoms with van der Waals surface area (Å²) in [5.41, 5.74) is 4.57. The molecule has 0 radical (unpaired) electrons. The van der Waals surface area contributed by atoms with Gasteiger partial charge in [-0.15, -0.1) is 0 Å². The average Bonchev–Trinajstić information content (AvgIpc) is 2.42. The summed E-state index contributed by atoms with van der Waals surface area (Å²) in [4.78, 5) is 15.2. The molecule has 1 saturated carbocycles. The summed E-state index contributed by atoms with van der Waals surface area (Å²) in [6.07, 6.45) is 3.21. The lowest BCUT2D eigenvalue weighted by molar-refractivity contribution is -0.137. The van der Waals surface area contributed by atoms with Gasteiger partial charge in [0.25, 0.3) is 11.9 Å². The van der Waals surface area contributed by atoms with Crippen LogP contribution in [0.2, 0.25) is 0 Å². The normalized spacial score (nSPS) is 37.1. The summed E-state index contributed by atoms with van der Waals surface area (Å²) in [6, 6.07) is -0.00764. The van der Waals surface area contributed by atoms with E-state index in [2.05, 4.69) is 4.99 Å². The van der Waals surface area contributed by atoms with Crippen molar-refractivity contribution in [1.29, 1.82) is 0 Å². The molecule has 1 aliphatic carbocycles. The van der Waals surface area contributed by atoms with Crippen LogP contribution in [0.5, 0.6) is 0 Å². The molecule has 2 N–H and O–H groups in total. The van der Waals surface area contributed by atoms with E-state index in [-0.39, 0.29) is 18.0 Å². The molecule has 1 spiro atoms. The molecule has 0 saturated heterocycles. The number of carbonyl (C=O) groups is 1. The lowest BCUT2D eigenvalue weighted by Gasteiger charge is -2.34. The number of nitrogens with two attached hydrogens (primary N) is 1. The Kier molecular flexibility index (Phi) is 2.19. The predicted molar refractivity (Wildman–Crippen MR) is 49.7 cm³/mol. The van der Waals surface area contributed by atoms with E-state index in [0.29, 0.717) is 12.8 Å². The number of carbonyl (C=O) groups excluding carboxylic acids is 1. The van der Waals surface area contributed by atoms with E-state index in [1.54, 1.807) is 7.11 Å². The second-order valence-electron chi connectivity index (χ2n) is 3.81. The Labute approximate surface area is 82.3 Å². The molecule has 1 amide bonds. The van der Waals surface area contributed by atoms with E-state index in [1.807, 2.05) is 0 Å². The Bertz CT molecular complexity index is 290. The number of rotatable bonds is 1. The predicted octanol–water partition coefficient (Wildman–Crippen LogP) is 0.186. The molecular formula is C9H14N2O3. The molecule has 14 heavy (non-hydrogen) atoms. The Morgan fingerprint density at radius 2 is 2.50 bits per heavy atom. The third-order valence-electron chi connectivity index (χ3n) is 2.90. The maximum atomic E-state index is 11.6. The lowest BCUT2D eigenvalue weighted by Crippen LogP contribution is -2.44. The first-order valence-electron chi connectivity index (χ1n) is 4.77. The minimum atomic E-state index is -0.816. The third-order valence-corrected chi connectivity index (χ3v) is 2.90. The zero-order chi connectivity index (χ0) is 10.2. The van der Waals surface area contributed by atoms with E-state index in [4.69, 9.17) is 15.2 Å². The molecule has 5 heteroatoms. The summed E-state index contributed by atoms with van der Waals surface area (Å²) >= 11 is 0. The molecule has 0 aromatic rings. The van der Waals surface area contributed by atoms with Crippen LogP contribution in [0.15, 0.2) is 4.99 Å². The number of aliphatic imine (C=N–C) groups is 1. The summed E-state index contributed by atoms with van der Waals surface area (Å²) in [7, 11) is 1.65. The highest BCUT2D eigenvalue weighted by Crippen LogP contribution is 2.36. The smallest absolute Gasteiger partial charge is 0.294 e. The number of ether oxygens (including phenoxy) is 2. The molecule has 2 aliphatic rings. The maximum absolute atomic E-state index is 11.6. The van der Waals surface area contributed by atoms with Crippen LogP contribution in [0.25, 0.3) is 0 Å². The Balaban J connectivity index is 2.13. The summed E-state index contributed by atoms with van der Waals surface area (Å²) in [5.74, 6) is -0.253. The molecule has 0 bridgehead atoms. The fourth-order valence-electron chi connectivity index (χ4n) is 2.14. The van der Waals surface area contributed by atoms with Gasteiger partial charge in [-0.25, -0.2) is 0 Å². The molecular weight excluding hydrogens is 184 g/mol. The number of nitrogens with zero attached hydrogens (tertiary/aromatic N) is 1. The summed E-state index contributed by atoms with van der Waals surface area (Å²) < 4.78 is 10.6. The second-order valence-corrected chi connectivity index (χ2v) is 3.81. The molecule has 5 nitrogen and oxygen atoms in total. The van der Waals surface area contributed by atoms with Crippen LogP contribution in [-0.4, -0.2) is 30.7 Å². The number of amidine groups is 1. The number of methoxy groups -OCH3 is 1. The van der Waals surface area contributed by atoms with Crippen LogP contribution in [0.4, 0.5) is 0 Å². The van der Waals surface area contributed by atoms with E-state index in [0.717, 1.165) is 12.8 Å². The van der Waals surface area contributed by atoms with Crippen molar-refractivity contribution in [2.45, 2.75) is 37.4 Å². The summed E-state index contributed by atoms with van der Waals surface area (Å²) in [6.45, 7) is 0. The van der Waals surface area contributed by atoms with Gasteiger partial charge < -0.3 is 15.2 Å². The Morgan fingerprint density at radius 1 is 1.71 bits per heavy atom. The first-order valence-corrected chi connectivity index (χ1v) is 4.77. The van der Waals surface area contributed by atoms with Crippen molar-refractivity contribution >= 4 is 11.9 Å². The van der Waals surface area contributed by atoms with Gasteiger partial charge in [0, 0.05) is 13.5 Å². The van der Waals surface area contributed by atoms with Gasteiger partial charge in [0.1, 0.15) is 0 Å². The fourth-order valence-corrected chi connectivity index (χ4v) is 2.14. The molecule has 1 aliphatic heterocycles. The van der Waals surface area contributed by atoms with Crippen LogP contribution in [0, 0.1) is 0 Å². The molecule has 1 fully saturated rings. The first kappa shape index (κ1) is 9.45. The minimum absolute atomic E-state index is 0.00764. The van der Waals surface area contributed by atoms with E-state index < -0.39 is 5.60 Å². The number of amides is 1. The van der Waals surface area contributed by atoms with Crippen LogP contribution in [-0.2, 0) is 14.3 Å². The van der Waals surface area contributed by atoms with Gasteiger partial charge in [-0.1, -0.05) is 0 Å². The molecule has 2 unspecified atom stereocenters. The van der Waals surface area contributed by atoms with Crippen LogP contribution in [0.3, 0.4) is 0 Å². The number of hydrogen-bond acceptors (Lipinski definition) is 4. The second kappa shape index (κ2) is 3.24. The van der Waals surface area contributed by atoms with Crippen molar-refractivity contribution in [2.24, 2.45) is 10.7 Å². The maximum Gasteiger partial charge on any atom is 0.294 e. The standard InChI is InChI=1S/C9H14N2O3/c1-13-6-3-2-4-9(5-6)7(12)11-8(10)14-9/h6H,2-5H2,1H3,(H2,10,11,12). The van der Waals surface area contributed by atoms with Crippen molar-refractivity contribution in [1.82, 2.24) is 0 Å². The topological polar surface area (TPSA) is 73.9 Å². The Morgan fingerprint density at radius 3 is 3.07 bits per heavy atom. The van der Waals surface area contributed by atoms with Gasteiger partial charge in [0.05, 0.1) is 6.10 Å². The summed E-state index contributed by atoms with van der Waals surface area (Å²) in [5, 5.41) is 0. The van der Waals surface area contributed by atoms with Crippen LogP contribution in [0.1, 0.15) is 25.7 Å². The average molecular weight is 198 g/mol. The third kappa shape index (κ3) is 1.37. The van der Waals surface area contributed by atoms with E-state index in [9.17, 15) is 4.79 Å². The monoisotopic (exact) mass is 198 g/mol.